The maximum atomic E-state index is 6.25. The van der Waals surface area contributed by atoms with Crippen molar-refractivity contribution in [3.63, 3.8) is 0 Å². The van der Waals surface area contributed by atoms with Crippen LogP contribution in [0.2, 0.25) is 5.02 Å². The molecule has 25 heavy (non-hydrogen) atoms. The monoisotopic (exact) mass is 353 g/mol. The minimum absolute atomic E-state index is 0.662. The van der Waals surface area contributed by atoms with Crippen molar-refractivity contribution in [1.29, 1.82) is 0 Å². The van der Waals surface area contributed by atoms with Gasteiger partial charge < -0.3 is 10.1 Å². The minimum Gasteiger partial charge on any atom is -0.494 e. The quantitative estimate of drug-likeness (QED) is 0.724. The Kier molecular flexibility index (Phi) is 4.36. The van der Waals surface area contributed by atoms with Gasteiger partial charge in [0.2, 0.25) is 0 Å². The van der Waals surface area contributed by atoms with E-state index in [1.54, 1.807) is 7.11 Å². The number of ether oxygens (including phenoxy) is 1. The van der Waals surface area contributed by atoms with Gasteiger partial charge in [0.15, 0.2) is 0 Å². The Hall–Kier alpha value is -2.46. The number of hydrogen-bond donors (Lipinski definition) is 1. The van der Waals surface area contributed by atoms with E-state index in [0.717, 1.165) is 54.3 Å². The van der Waals surface area contributed by atoms with Gasteiger partial charge >= 0.3 is 0 Å². The van der Waals surface area contributed by atoms with E-state index in [-0.39, 0.29) is 0 Å². The molecule has 0 radical (unpaired) electrons. The van der Waals surface area contributed by atoms with Crippen molar-refractivity contribution in [3.05, 3.63) is 59.1 Å². The van der Waals surface area contributed by atoms with Crippen LogP contribution in [0.3, 0.4) is 0 Å². The number of anilines is 1. The normalized spacial score (nSPS) is 13.7. The summed E-state index contributed by atoms with van der Waals surface area (Å²) in [5, 5.41) is 9.16. The van der Waals surface area contributed by atoms with Crippen molar-refractivity contribution in [2.24, 2.45) is 0 Å². The predicted octanol–water partition coefficient (Wildman–Crippen LogP) is 4.95. The molecule has 0 bridgehead atoms. The molecule has 0 amide bonds. The number of rotatable bonds is 3. The molecule has 0 saturated heterocycles. The van der Waals surface area contributed by atoms with E-state index in [4.69, 9.17) is 21.4 Å². The van der Waals surface area contributed by atoms with Crippen molar-refractivity contribution in [1.82, 2.24) is 9.78 Å². The Balaban J connectivity index is 1.95. The van der Waals surface area contributed by atoms with E-state index >= 15 is 0 Å². The number of nitrogens with zero attached hydrogens (tertiary/aromatic N) is 2. The summed E-state index contributed by atoms with van der Waals surface area (Å²) in [5.41, 5.74) is 4.25. The molecular formula is C20H20ClN3O. The van der Waals surface area contributed by atoms with Gasteiger partial charge in [-0.1, -0.05) is 41.9 Å². The molecular weight excluding hydrogens is 334 g/mol. The smallest absolute Gasteiger partial charge is 0.144 e. The fourth-order valence-electron chi connectivity index (χ4n) is 3.33. The third kappa shape index (κ3) is 2.98. The van der Waals surface area contributed by atoms with E-state index in [1.807, 2.05) is 41.1 Å². The van der Waals surface area contributed by atoms with Crippen molar-refractivity contribution >= 4 is 17.4 Å². The molecule has 1 aromatic heterocycles. The minimum atomic E-state index is 0.662. The van der Waals surface area contributed by atoms with Crippen LogP contribution in [0.4, 0.5) is 5.82 Å². The molecule has 1 aliphatic heterocycles. The van der Waals surface area contributed by atoms with E-state index in [0.29, 0.717) is 5.02 Å². The summed E-state index contributed by atoms with van der Waals surface area (Å²) in [4.78, 5) is 0. The van der Waals surface area contributed by atoms with E-state index < -0.39 is 0 Å². The molecule has 0 atom stereocenters. The summed E-state index contributed by atoms with van der Waals surface area (Å²) < 4.78 is 7.48. The molecule has 2 heterocycles. The highest BCUT2D eigenvalue weighted by Gasteiger charge is 2.23. The van der Waals surface area contributed by atoms with Gasteiger partial charge in [-0.3, -0.25) is 0 Å². The lowest BCUT2D eigenvalue weighted by Crippen LogP contribution is -2.08. The van der Waals surface area contributed by atoms with Crippen LogP contribution in [-0.2, 0) is 6.42 Å². The van der Waals surface area contributed by atoms with Crippen molar-refractivity contribution in [2.75, 3.05) is 19.0 Å². The Bertz CT molecular complexity index is 889. The van der Waals surface area contributed by atoms with E-state index in [1.165, 1.54) is 5.56 Å². The lowest BCUT2D eigenvalue weighted by atomic mass is 10.0. The molecule has 0 fully saturated rings. The second-order valence-electron chi connectivity index (χ2n) is 6.15. The van der Waals surface area contributed by atoms with Crippen molar-refractivity contribution < 1.29 is 4.74 Å². The average molecular weight is 354 g/mol. The Labute approximate surface area is 152 Å². The van der Waals surface area contributed by atoms with Gasteiger partial charge in [-0.25, -0.2) is 4.68 Å². The molecule has 4 rings (SSSR count). The maximum absolute atomic E-state index is 6.25. The Morgan fingerprint density at radius 2 is 1.96 bits per heavy atom. The summed E-state index contributed by atoms with van der Waals surface area (Å²) in [6.45, 7) is 0.940. The first-order chi connectivity index (χ1) is 12.3. The number of halogens is 1. The molecule has 1 aliphatic rings. The fourth-order valence-corrected chi connectivity index (χ4v) is 3.50. The Morgan fingerprint density at radius 3 is 2.76 bits per heavy atom. The third-order valence-electron chi connectivity index (χ3n) is 4.55. The summed E-state index contributed by atoms with van der Waals surface area (Å²) in [6.07, 6.45) is 3.31. The first kappa shape index (κ1) is 16.0. The summed E-state index contributed by atoms with van der Waals surface area (Å²) in [7, 11) is 1.67. The Morgan fingerprint density at radius 1 is 1.12 bits per heavy atom. The van der Waals surface area contributed by atoms with Crippen LogP contribution < -0.4 is 10.1 Å². The second-order valence-corrected chi connectivity index (χ2v) is 6.59. The fraction of sp³-hybridized carbons (Fsp3) is 0.250. The third-order valence-corrected chi connectivity index (χ3v) is 4.78. The molecule has 0 spiro atoms. The van der Waals surface area contributed by atoms with Gasteiger partial charge in [0.1, 0.15) is 17.3 Å². The summed E-state index contributed by atoms with van der Waals surface area (Å²) >= 11 is 6.25. The summed E-state index contributed by atoms with van der Waals surface area (Å²) in [6, 6.07) is 15.9. The van der Waals surface area contributed by atoms with Gasteiger partial charge in [-0.15, -0.1) is 0 Å². The molecule has 128 valence electrons. The van der Waals surface area contributed by atoms with Crippen LogP contribution >= 0.6 is 11.6 Å². The van der Waals surface area contributed by atoms with Gasteiger partial charge in [0, 0.05) is 22.7 Å². The van der Waals surface area contributed by atoms with E-state index in [9.17, 15) is 0 Å². The van der Waals surface area contributed by atoms with E-state index in [2.05, 4.69) is 17.4 Å². The number of fused-ring (bicyclic) bond motifs is 1. The zero-order chi connectivity index (χ0) is 17.2. The first-order valence-corrected chi connectivity index (χ1v) is 8.91. The topological polar surface area (TPSA) is 39.1 Å². The number of benzene rings is 2. The van der Waals surface area contributed by atoms with Crippen molar-refractivity contribution in [2.45, 2.75) is 19.3 Å². The predicted molar refractivity (Wildman–Crippen MR) is 102 cm³/mol. The van der Waals surface area contributed by atoms with Crippen LogP contribution in [0, 0.1) is 0 Å². The summed E-state index contributed by atoms with van der Waals surface area (Å²) in [5.74, 6) is 1.79. The highest BCUT2D eigenvalue weighted by molar-refractivity contribution is 6.30. The van der Waals surface area contributed by atoms with Gasteiger partial charge in [-0.05, 0) is 37.5 Å². The standard InChI is InChI=1S/C20H20ClN3O/c1-25-18-11-10-15(21)13-17(18)24-20-16(9-5-6-12-22-20)19(23-24)14-7-3-2-4-8-14/h2-4,7-8,10-11,13,22H,5-6,9,12H2,1H3. The number of nitrogens with one attached hydrogen (secondary N) is 1. The molecule has 4 nitrogen and oxygen atoms in total. The van der Waals surface area contributed by atoms with Crippen LogP contribution in [0.1, 0.15) is 18.4 Å². The zero-order valence-electron chi connectivity index (χ0n) is 14.1. The molecule has 1 N–H and O–H groups in total. The molecule has 0 saturated carbocycles. The van der Waals surface area contributed by atoms with Gasteiger partial charge in [-0.2, -0.15) is 5.10 Å². The molecule has 2 aromatic carbocycles. The second kappa shape index (κ2) is 6.81. The van der Waals surface area contributed by atoms with Crippen LogP contribution in [-0.4, -0.2) is 23.4 Å². The highest BCUT2D eigenvalue weighted by atomic mass is 35.5. The van der Waals surface area contributed by atoms with Crippen molar-refractivity contribution in [3.8, 4) is 22.7 Å². The molecule has 0 unspecified atom stereocenters. The lowest BCUT2D eigenvalue weighted by Gasteiger charge is -2.13. The zero-order valence-corrected chi connectivity index (χ0v) is 14.9. The largest absolute Gasteiger partial charge is 0.494 e. The number of methoxy groups -OCH3 is 1. The van der Waals surface area contributed by atoms with Crippen LogP contribution in [0.5, 0.6) is 5.75 Å². The van der Waals surface area contributed by atoms with Gasteiger partial charge in [0.05, 0.1) is 12.8 Å². The van der Waals surface area contributed by atoms with Gasteiger partial charge in [0.25, 0.3) is 0 Å². The molecule has 5 heteroatoms. The first-order valence-electron chi connectivity index (χ1n) is 8.53. The van der Waals surface area contributed by atoms with Crippen LogP contribution in [0.25, 0.3) is 16.9 Å². The number of aromatic nitrogens is 2. The molecule has 0 aliphatic carbocycles. The SMILES string of the molecule is COc1ccc(Cl)cc1-n1nc(-c2ccccc2)c2c1NCCCC2. The molecule has 3 aromatic rings. The lowest BCUT2D eigenvalue weighted by molar-refractivity contribution is 0.412. The highest BCUT2D eigenvalue weighted by Crippen LogP contribution is 2.36. The average Bonchev–Trinajstić information content (AvgIpc) is 2.83. The number of hydrogen-bond acceptors (Lipinski definition) is 3. The maximum Gasteiger partial charge on any atom is 0.144 e. The van der Waals surface area contributed by atoms with Crippen LogP contribution in [0.15, 0.2) is 48.5 Å².